The molecule has 2 rings (SSSR count). The van der Waals surface area contributed by atoms with Crippen LogP contribution in [-0.4, -0.2) is 24.9 Å². The molecular weight excluding hydrogens is 260 g/mol. The van der Waals surface area contributed by atoms with Crippen LogP contribution in [0.3, 0.4) is 0 Å². The van der Waals surface area contributed by atoms with Gasteiger partial charge in [0.25, 0.3) is 0 Å². The van der Waals surface area contributed by atoms with Crippen LogP contribution in [0.25, 0.3) is 0 Å². The van der Waals surface area contributed by atoms with Crippen LogP contribution in [0.4, 0.5) is 0 Å². The van der Waals surface area contributed by atoms with E-state index in [9.17, 15) is 4.79 Å². The normalized spacial score (nSPS) is 26.8. The van der Waals surface area contributed by atoms with Gasteiger partial charge in [-0.05, 0) is 45.3 Å². The molecule has 19 heavy (non-hydrogen) atoms. The standard InChI is InChI=1S/C15H22N2O.ClH/c1-17(2)15(13-6-4-3-5-7-13)10-8-12(9-11-15)14(16)18;/h3-7,12H,8-11H2,1-2H3,(H2,16,18);1H. The molecule has 3 nitrogen and oxygen atoms in total. The second kappa shape index (κ2) is 6.40. The average molecular weight is 283 g/mol. The summed E-state index contributed by atoms with van der Waals surface area (Å²) >= 11 is 0. The summed E-state index contributed by atoms with van der Waals surface area (Å²) < 4.78 is 0. The molecule has 4 heteroatoms. The highest BCUT2D eigenvalue weighted by Crippen LogP contribution is 2.42. The molecule has 0 unspecified atom stereocenters. The maximum Gasteiger partial charge on any atom is 0.220 e. The van der Waals surface area contributed by atoms with Gasteiger partial charge in [0.2, 0.25) is 5.91 Å². The third-order valence-electron chi connectivity index (χ3n) is 4.38. The number of nitrogens with two attached hydrogens (primary N) is 1. The summed E-state index contributed by atoms with van der Waals surface area (Å²) in [6, 6.07) is 10.6. The average Bonchev–Trinajstić information content (AvgIpc) is 2.39. The maximum absolute atomic E-state index is 11.3. The van der Waals surface area contributed by atoms with Crippen molar-refractivity contribution < 1.29 is 4.79 Å². The minimum absolute atomic E-state index is 0. The van der Waals surface area contributed by atoms with Crippen LogP contribution in [0.2, 0.25) is 0 Å². The molecule has 0 heterocycles. The fourth-order valence-corrected chi connectivity index (χ4v) is 3.12. The minimum atomic E-state index is -0.143. The number of carbonyl (C=O) groups is 1. The summed E-state index contributed by atoms with van der Waals surface area (Å²) in [6.07, 6.45) is 3.78. The Morgan fingerprint density at radius 1 is 1.21 bits per heavy atom. The summed E-state index contributed by atoms with van der Waals surface area (Å²) in [5.41, 5.74) is 6.83. The minimum Gasteiger partial charge on any atom is -0.369 e. The van der Waals surface area contributed by atoms with Gasteiger partial charge in [0, 0.05) is 11.5 Å². The Hall–Kier alpha value is -1.06. The van der Waals surface area contributed by atoms with E-state index in [1.807, 2.05) is 6.07 Å². The largest absolute Gasteiger partial charge is 0.369 e. The molecule has 1 aromatic carbocycles. The van der Waals surface area contributed by atoms with E-state index in [0.29, 0.717) is 0 Å². The van der Waals surface area contributed by atoms with Crippen molar-refractivity contribution in [3.05, 3.63) is 35.9 Å². The van der Waals surface area contributed by atoms with Gasteiger partial charge in [0.05, 0.1) is 0 Å². The van der Waals surface area contributed by atoms with Crippen molar-refractivity contribution in [2.75, 3.05) is 14.1 Å². The van der Waals surface area contributed by atoms with E-state index < -0.39 is 0 Å². The lowest BCUT2D eigenvalue weighted by atomic mass is 9.72. The molecule has 2 N–H and O–H groups in total. The monoisotopic (exact) mass is 282 g/mol. The van der Waals surface area contributed by atoms with Crippen LogP contribution >= 0.6 is 12.4 Å². The molecule has 0 aromatic heterocycles. The summed E-state index contributed by atoms with van der Waals surface area (Å²) in [7, 11) is 4.25. The van der Waals surface area contributed by atoms with E-state index in [0.717, 1.165) is 25.7 Å². The molecule has 1 fully saturated rings. The first-order chi connectivity index (χ1) is 8.56. The Bertz CT molecular complexity index is 411. The number of hydrogen-bond donors (Lipinski definition) is 1. The van der Waals surface area contributed by atoms with Crippen molar-refractivity contribution in [3.8, 4) is 0 Å². The SMILES string of the molecule is CN(C)C1(c2ccccc2)CCC(C(N)=O)CC1.Cl. The van der Waals surface area contributed by atoms with Gasteiger partial charge in [0.1, 0.15) is 0 Å². The predicted octanol–water partition coefficient (Wildman–Crippen LogP) is 2.54. The zero-order valence-corrected chi connectivity index (χ0v) is 12.5. The molecule has 0 spiro atoms. The van der Waals surface area contributed by atoms with Gasteiger partial charge >= 0.3 is 0 Å². The van der Waals surface area contributed by atoms with E-state index >= 15 is 0 Å². The van der Waals surface area contributed by atoms with Crippen molar-refractivity contribution in [1.29, 1.82) is 0 Å². The fraction of sp³-hybridized carbons (Fsp3) is 0.533. The van der Waals surface area contributed by atoms with Crippen LogP contribution < -0.4 is 5.73 Å². The molecule has 0 atom stereocenters. The lowest BCUT2D eigenvalue weighted by Crippen LogP contribution is -2.45. The third kappa shape index (κ3) is 3.10. The lowest BCUT2D eigenvalue weighted by molar-refractivity contribution is -0.123. The van der Waals surface area contributed by atoms with E-state index in [4.69, 9.17) is 5.73 Å². The van der Waals surface area contributed by atoms with Crippen LogP contribution in [0.15, 0.2) is 30.3 Å². The lowest BCUT2D eigenvalue weighted by Gasteiger charge is -2.45. The van der Waals surface area contributed by atoms with E-state index in [1.165, 1.54) is 5.56 Å². The molecule has 1 saturated carbocycles. The molecule has 0 aliphatic heterocycles. The number of primary amides is 1. The van der Waals surface area contributed by atoms with Gasteiger partial charge in [-0.25, -0.2) is 0 Å². The number of benzene rings is 1. The quantitative estimate of drug-likeness (QED) is 0.926. The van der Waals surface area contributed by atoms with Gasteiger partial charge < -0.3 is 5.73 Å². The number of nitrogens with zero attached hydrogens (tertiary/aromatic N) is 1. The van der Waals surface area contributed by atoms with Crippen LogP contribution in [0.1, 0.15) is 31.2 Å². The summed E-state index contributed by atoms with van der Waals surface area (Å²) in [5.74, 6) is -0.0859. The van der Waals surface area contributed by atoms with Crippen molar-refractivity contribution in [2.24, 2.45) is 11.7 Å². The van der Waals surface area contributed by atoms with E-state index in [2.05, 4.69) is 43.3 Å². The molecule has 0 saturated heterocycles. The zero-order valence-electron chi connectivity index (χ0n) is 11.6. The number of halogens is 1. The van der Waals surface area contributed by atoms with Crippen LogP contribution in [0.5, 0.6) is 0 Å². The Kier molecular flexibility index (Phi) is 5.39. The zero-order chi connectivity index (χ0) is 13.2. The second-order valence-electron chi connectivity index (χ2n) is 5.47. The van der Waals surface area contributed by atoms with Crippen molar-refractivity contribution in [1.82, 2.24) is 4.90 Å². The van der Waals surface area contributed by atoms with Crippen molar-refractivity contribution in [3.63, 3.8) is 0 Å². The summed E-state index contributed by atoms with van der Waals surface area (Å²) in [6.45, 7) is 0. The predicted molar refractivity (Wildman–Crippen MR) is 80.2 cm³/mol. The molecule has 0 radical (unpaired) electrons. The Morgan fingerprint density at radius 3 is 2.16 bits per heavy atom. The Balaban J connectivity index is 0.00000180. The van der Waals surface area contributed by atoms with Crippen LogP contribution in [0, 0.1) is 5.92 Å². The van der Waals surface area contributed by atoms with Gasteiger partial charge in [-0.3, -0.25) is 9.69 Å². The van der Waals surface area contributed by atoms with Gasteiger partial charge in [0.15, 0.2) is 0 Å². The smallest absolute Gasteiger partial charge is 0.220 e. The number of hydrogen-bond acceptors (Lipinski definition) is 2. The van der Waals surface area contributed by atoms with E-state index in [1.54, 1.807) is 0 Å². The molecule has 1 aromatic rings. The fourth-order valence-electron chi connectivity index (χ4n) is 3.12. The highest BCUT2D eigenvalue weighted by atomic mass is 35.5. The first-order valence-corrected chi connectivity index (χ1v) is 6.58. The summed E-state index contributed by atoms with van der Waals surface area (Å²) in [5, 5.41) is 0. The molecule has 0 bridgehead atoms. The third-order valence-corrected chi connectivity index (χ3v) is 4.38. The van der Waals surface area contributed by atoms with Crippen LogP contribution in [-0.2, 0) is 10.3 Å². The molecular formula is C15H23ClN2O. The Morgan fingerprint density at radius 2 is 1.74 bits per heavy atom. The van der Waals surface area contributed by atoms with Crippen molar-refractivity contribution in [2.45, 2.75) is 31.2 Å². The molecule has 1 amide bonds. The molecule has 1 aliphatic rings. The van der Waals surface area contributed by atoms with Crippen molar-refractivity contribution >= 4 is 18.3 Å². The van der Waals surface area contributed by atoms with Gasteiger partial charge in [-0.1, -0.05) is 30.3 Å². The Labute approximate surface area is 121 Å². The molecule has 106 valence electrons. The van der Waals surface area contributed by atoms with Gasteiger partial charge in [-0.2, -0.15) is 0 Å². The topological polar surface area (TPSA) is 46.3 Å². The maximum atomic E-state index is 11.3. The second-order valence-corrected chi connectivity index (χ2v) is 5.47. The van der Waals surface area contributed by atoms with Gasteiger partial charge in [-0.15, -0.1) is 12.4 Å². The highest BCUT2D eigenvalue weighted by molar-refractivity contribution is 5.85. The number of amides is 1. The summed E-state index contributed by atoms with van der Waals surface area (Å²) in [4.78, 5) is 13.6. The highest BCUT2D eigenvalue weighted by Gasteiger charge is 2.39. The first-order valence-electron chi connectivity index (χ1n) is 6.58. The molecule has 1 aliphatic carbocycles. The van der Waals surface area contributed by atoms with E-state index in [-0.39, 0.29) is 29.8 Å². The first kappa shape index (κ1) is 16.0. The number of carbonyl (C=O) groups excluding carboxylic acids is 1. The number of rotatable bonds is 3.